The molecule has 0 radical (unpaired) electrons. The molecule has 2 aromatic carbocycles. The van der Waals surface area contributed by atoms with Crippen LogP contribution in [0.5, 0.6) is 11.5 Å². The zero-order valence-corrected chi connectivity index (χ0v) is 18.8. The lowest BCUT2D eigenvalue weighted by molar-refractivity contribution is -0.116. The van der Waals surface area contributed by atoms with Crippen molar-refractivity contribution in [2.24, 2.45) is 0 Å². The van der Waals surface area contributed by atoms with Crippen LogP contribution in [0.25, 0.3) is 0 Å². The maximum atomic E-state index is 12.8. The molecule has 30 heavy (non-hydrogen) atoms. The van der Waals surface area contributed by atoms with Crippen molar-refractivity contribution in [1.82, 2.24) is 4.90 Å². The summed E-state index contributed by atoms with van der Waals surface area (Å²) in [5.41, 5.74) is 0.718. The highest BCUT2D eigenvalue weighted by Crippen LogP contribution is 2.30. The smallest absolute Gasteiger partial charge is 0.254 e. The third kappa shape index (κ3) is 6.54. The average molecular weight is 453 g/mol. The van der Waals surface area contributed by atoms with E-state index in [0.29, 0.717) is 46.0 Å². The van der Waals surface area contributed by atoms with Crippen molar-refractivity contribution in [1.29, 1.82) is 0 Å². The van der Waals surface area contributed by atoms with Gasteiger partial charge in [-0.1, -0.05) is 43.1 Å². The highest BCUT2D eigenvalue weighted by Gasteiger charge is 2.19. The molecule has 0 bridgehead atoms. The van der Waals surface area contributed by atoms with Crippen LogP contribution in [0.4, 0.5) is 5.69 Å². The molecule has 0 fully saturated rings. The van der Waals surface area contributed by atoms with Gasteiger partial charge in [-0.05, 0) is 43.2 Å². The lowest BCUT2D eigenvalue weighted by Gasteiger charge is -2.19. The van der Waals surface area contributed by atoms with E-state index in [-0.39, 0.29) is 12.5 Å². The molecule has 0 atom stereocenters. The van der Waals surface area contributed by atoms with Crippen molar-refractivity contribution in [2.75, 3.05) is 32.1 Å². The highest BCUT2D eigenvalue weighted by molar-refractivity contribution is 6.39. The van der Waals surface area contributed by atoms with E-state index >= 15 is 0 Å². The summed E-state index contributed by atoms with van der Waals surface area (Å²) in [6.45, 7) is 4.91. The number of hydrogen-bond acceptors (Lipinski definition) is 4. The fraction of sp³-hybridized carbons (Fsp3) is 0.364. The van der Waals surface area contributed by atoms with E-state index in [0.717, 1.165) is 12.8 Å². The average Bonchev–Trinajstić information content (AvgIpc) is 2.73. The topological polar surface area (TPSA) is 67.9 Å². The van der Waals surface area contributed by atoms with E-state index in [1.54, 1.807) is 43.4 Å². The van der Waals surface area contributed by atoms with Crippen LogP contribution in [0.3, 0.4) is 0 Å². The minimum absolute atomic E-state index is 0.167. The first-order chi connectivity index (χ1) is 14.4. The summed E-state index contributed by atoms with van der Waals surface area (Å²) in [6.07, 6.45) is 1.69. The molecule has 0 spiro atoms. The Balaban J connectivity index is 2.09. The van der Waals surface area contributed by atoms with Crippen LogP contribution in [0.15, 0.2) is 36.4 Å². The number of amides is 2. The largest absolute Gasteiger partial charge is 0.490 e. The van der Waals surface area contributed by atoms with Gasteiger partial charge in [-0.25, -0.2) is 0 Å². The number of para-hydroxylation sites is 1. The standard InChI is InChI=1S/C22H26Cl2N2O4/c1-4-11-29-18-10-9-15(13-19(18)30-12-5-2)22(28)26(3)14-20(27)25-21-16(23)7-6-8-17(21)24/h6-10,13H,4-5,11-12,14H2,1-3H3,(H,25,27). The van der Waals surface area contributed by atoms with Gasteiger partial charge in [0.25, 0.3) is 5.91 Å². The number of hydrogen-bond donors (Lipinski definition) is 1. The van der Waals surface area contributed by atoms with E-state index in [1.165, 1.54) is 4.90 Å². The SMILES string of the molecule is CCCOc1ccc(C(=O)N(C)CC(=O)Nc2c(Cl)cccc2Cl)cc1OCCC. The fourth-order valence-corrected chi connectivity index (χ4v) is 3.09. The molecule has 1 N–H and O–H groups in total. The Labute approximate surface area is 187 Å². The number of nitrogens with one attached hydrogen (secondary N) is 1. The molecule has 2 amide bonds. The first-order valence-corrected chi connectivity index (χ1v) is 10.5. The zero-order chi connectivity index (χ0) is 22.1. The van der Waals surface area contributed by atoms with Gasteiger partial charge in [0.15, 0.2) is 11.5 Å². The first-order valence-electron chi connectivity index (χ1n) is 9.76. The van der Waals surface area contributed by atoms with Crippen molar-refractivity contribution in [3.05, 3.63) is 52.0 Å². The molecule has 2 rings (SSSR count). The lowest BCUT2D eigenvalue weighted by Crippen LogP contribution is -2.35. The molecule has 8 heteroatoms. The Kier molecular flexibility index (Phi) is 9.27. The molecule has 0 aliphatic heterocycles. The summed E-state index contributed by atoms with van der Waals surface area (Å²) < 4.78 is 11.4. The predicted octanol–water partition coefficient (Wildman–Crippen LogP) is 5.28. The number of ether oxygens (including phenoxy) is 2. The zero-order valence-electron chi connectivity index (χ0n) is 17.3. The van der Waals surface area contributed by atoms with Crippen LogP contribution in [0.2, 0.25) is 10.0 Å². The summed E-state index contributed by atoms with van der Waals surface area (Å²) in [5.74, 6) is 0.373. The predicted molar refractivity (Wildman–Crippen MR) is 120 cm³/mol. The number of anilines is 1. The molecule has 0 unspecified atom stereocenters. The van der Waals surface area contributed by atoms with E-state index in [1.807, 2.05) is 13.8 Å². The summed E-state index contributed by atoms with van der Waals surface area (Å²) in [5, 5.41) is 3.29. The van der Waals surface area contributed by atoms with E-state index in [9.17, 15) is 9.59 Å². The number of carbonyl (C=O) groups excluding carboxylic acids is 2. The monoisotopic (exact) mass is 452 g/mol. The Morgan fingerprint density at radius 3 is 2.17 bits per heavy atom. The van der Waals surface area contributed by atoms with Crippen LogP contribution >= 0.6 is 23.2 Å². The van der Waals surface area contributed by atoms with Crippen LogP contribution in [0.1, 0.15) is 37.0 Å². The maximum Gasteiger partial charge on any atom is 0.254 e. The molecule has 2 aromatic rings. The van der Waals surface area contributed by atoms with Crippen LogP contribution < -0.4 is 14.8 Å². The van der Waals surface area contributed by atoms with Crippen molar-refractivity contribution in [3.8, 4) is 11.5 Å². The molecule has 0 aliphatic rings. The number of halogens is 2. The van der Waals surface area contributed by atoms with Crippen LogP contribution in [0, 0.1) is 0 Å². The molecule has 0 saturated heterocycles. The number of nitrogens with zero attached hydrogens (tertiary/aromatic N) is 1. The Bertz CT molecular complexity index is 869. The van der Waals surface area contributed by atoms with Crippen LogP contribution in [-0.4, -0.2) is 43.5 Å². The van der Waals surface area contributed by atoms with Gasteiger partial charge in [-0.15, -0.1) is 0 Å². The van der Waals surface area contributed by atoms with E-state index in [2.05, 4.69) is 5.32 Å². The quantitative estimate of drug-likeness (QED) is 0.532. The molecule has 162 valence electrons. The first kappa shape index (κ1) is 23.8. The normalized spacial score (nSPS) is 10.4. The van der Waals surface area contributed by atoms with Crippen molar-refractivity contribution >= 4 is 40.7 Å². The third-order valence-electron chi connectivity index (χ3n) is 4.07. The van der Waals surface area contributed by atoms with Crippen molar-refractivity contribution in [2.45, 2.75) is 26.7 Å². The summed E-state index contributed by atoms with van der Waals surface area (Å²) >= 11 is 12.1. The summed E-state index contributed by atoms with van der Waals surface area (Å²) in [7, 11) is 1.55. The van der Waals surface area contributed by atoms with Gasteiger partial charge in [-0.3, -0.25) is 9.59 Å². The molecular weight excluding hydrogens is 427 g/mol. The third-order valence-corrected chi connectivity index (χ3v) is 4.70. The van der Waals surface area contributed by atoms with Gasteiger partial charge in [0, 0.05) is 12.6 Å². The van der Waals surface area contributed by atoms with E-state index in [4.69, 9.17) is 32.7 Å². The van der Waals surface area contributed by atoms with Crippen molar-refractivity contribution in [3.63, 3.8) is 0 Å². The maximum absolute atomic E-state index is 12.8. The molecule has 0 heterocycles. The number of carbonyl (C=O) groups is 2. The van der Waals surface area contributed by atoms with Gasteiger partial charge in [-0.2, -0.15) is 0 Å². The van der Waals surface area contributed by atoms with Gasteiger partial charge in [0.2, 0.25) is 5.91 Å². The van der Waals surface area contributed by atoms with Gasteiger partial charge < -0.3 is 19.7 Å². The second-order valence-corrected chi connectivity index (χ2v) is 7.48. The fourth-order valence-electron chi connectivity index (χ4n) is 2.60. The van der Waals surface area contributed by atoms with Crippen LogP contribution in [-0.2, 0) is 4.79 Å². The Hall–Kier alpha value is -2.44. The second-order valence-electron chi connectivity index (χ2n) is 6.66. The molecule has 6 nitrogen and oxygen atoms in total. The molecular formula is C22H26Cl2N2O4. The number of likely N-dealkylation sites (N-methyl/N-ethyl adjacent to an activating group) is 1. The van der Waals surface area contributed by atoms with E-state index < -0.39 is 5.91 Å². The number of benzene rings is 2. The highest BCUT2D eigenvalue weighted by atomic mass is 35.5. The minimum atomic E-state index is -0.411. The Morgan fingerprint density at radius 1 is 0.967 bits per heavy atom. The summed E-state index contributed by atoms with van der Waals surface area (Å²) in [6, 6.07) is 9.94. The molecule has 0 aromatic heterocycles. The van der Waals surface area contributed by atoms with Gasteiger partial charge >= 0.3 is 0 Å². The minimum Gasteiger partial charge on any atom is -0.490 e. The summed E-state index contributed by atoms with van der Waals surface area (Å²) in [4.78, 5) is 26.5. The second kappa shape index (κ2) is 11.7. The van der Waals surface area contributed by atoms with Crippen molar-refractivity contribution < 1.29 is 19.1 Å². The Morgan fingerprint density at radius 2 is 1.57 bits per heavy atom. The van der Waals surface area contributed by atoms with Gasteiger partial charge in [0.1, 0.15) is 0 Å². The molecule has 0 saturated carbocycles. The van der Waals surface area contributed by atoms with Gasteiger partial charge in [0.05, 0.1) is 35.5 Å². The lowest BCUT2D eigenvalue weighted by atomic mass is 10.1. The number of rotatable bonds is 10. The molecule has 0 aliphatic carbocycles.